The van der Waals surface area contributed by atoms with Crippen LogP contribution >= 0.6 is 11.3 Å². The van der Waals surface area contributed by atoms with E-state index in [9.17, 15) is 0 Å². The van der Waals surface area contributed by atoms with Gasteiger partial charge < -0.3 is 4.42 Å². The minimum absolute atomic E-state index is 0.0420. The van der Waals surface area contributed by atoms with Crippen LogP contribution in [0.3, 0.4) is 0 Å². The fraction of sp³-hybridized carbons (Fsp3) is 0.0484. The van der Waals surface area contributed by atoms with Crippen molar-refractivity contribution in [2.45, 2.75) is 18.8 Å². The van der Waals surface area contributed by atoms with Crippen LogP contribution in [0.1, 0.15) is 29.0 Å². The molecule has 10 aromatic carbocycles. The van der Waals surface area contributed by atoms with Gasteiger partial charge in [0.15, 0.2) is 17.5 Å². The van der Waals surface area contributed by atoms with Gasteiger partial charge in [-0.1, -0.05) is 158 Å². The summed E-state index contributed by atoms with van der Waals surface area (Å²) >= 11 is 1.79. The van der Waals surface area contributed by atoms with Gasteiger partial charge in [-0.05, 0) is 122 Å². The van der Waals surface area contributed by atoms with E-state index < -0.39 is 0 Å². The number of hydrogen-bond donors (Lipinski definition) is 0. The van der Waals surface area contributed by atoms with E-state index in [1.807, 2.05) is 0 Å². The van der Waals surface area contributed by atoms with Crippen molar-refractivity contribution in [3.63, 3.8) is 0 Å². The molecule has 0 saturated carbocycles. The number of rotatable bonds is 5. The van der Waals surface area contributed by atoms with Gasteiger partial charge in [0, 0.05) is 53.6 Å². The van der Waals surface area contributed by atoms with Gasteiger partial charge in [-0.3, -0.25) is 0 Å². The third kappa shape index (κ3) is 6.30. The highest BCUT2D eigenvalue weighted by atomic mass is 32.1. The number of hydrogen-bond acceptors (Lipinski definition) is 5. The van der Waals surface area contributed by atoms with Crippen LogP contribution in [0.4, 0.5) is 0 Å². The van der Waals surface area contributed by atoms with Gasteiger partial charge in [0.2, 0.25) is 0 Å². The topological polar surface area (TPSA) is 51.8 Å². The number of nitrogens with zero attached hydrogens (tertiary/aromatic N) is 3. The zero-order chi connectivity index (χ0) is 44.0. The second-order valence-corrected chi connectivity index (χ2v) is 18.9. The van der Waals surface area contributed by atoms with E-state index >= 15 is 0 Å². The molecule has 5 heteroatoms. The molecule has 0 fully saturated rings. The lowest BCUT2D eigenvalue weighted by molar-refractivity contribution is 0.668. The van der Waals surface area contributed by atoms with Gasteiger partial charge in [0.1, 0.15) is 11.2 Å². The monoisotopic (exact) mass is 873 g/mol. The van der Waals surface area contributed by atoms with Crippen LogP contribution in [-0.4, -0.2) is 15.0 Å². The number of benzene rings is 10. The molecule has 0 radical (unpaired) electrons. The minimum Gasteiger partial charge on any atom is -0.456 e. The molecule has 0 spiro atoms. The molecule has 67 heavy (non-hydrogen) atoms. The molecule has 0 aliphatic heterocycles. The Bertz CT molecular complexity index is 4110. The Balaban J connectivity index is 1.03. The number of fused-ring (bicyclic) bond motifs is 11. The highest BCUT2D eigenvalue weighted by molar-refractivity contribution is 7.26. The summed E-state index contributed by atoms with van der Waals surface area (Å²) in [6.07, 6.45) is 1.87. The lowest BCUT2D eigenvalue weighted by atomic mass is 9.82. The van der Waals surface area contributed by atoms with Crippen LogP contribution in [0.2, 0.25) is 0 Å². The summed E-state index contributed by atoms with van der Waals surface area (Å²) in [7, 11) is 0. The summed E-state index contributed by atoms with van der Waals surface area (Å²) in [5.74, 6) is 1.91. The summed E-state index contributed by atoms with van der Waals surface area (Å²) < 4.78 is 9.41. The molecule has 1 unspecified atom stereocenters. The predicted molar refractivity (Wildman–Crippen MR) is 279 cm³/mol. The highest BCUT2D eigenvalue weighted by Crippen LogP contribution is 2.48. The lowest BCUT2D eigenvalue weighted by Crippen LogP contribution is -2.05. The maximum Gasteiger partial charge on any atom is 0.165 e. The van der Waals surface area contributed by atoms with Gasteiger partial charge in [-0.2, -0.15) is 0 Å². The zero-order valence-electron chi connectivity index (χ0n) is 36.3. The molecule has 13 aromatic rings. The Hall–Kier alpha value is -8.25. The van der Waals surface area contributed by atoms with Crippen molar-refractivity contribution >= 4 is 75.0 Å². The number of furan rings is 1. The van der Waals surface area contributed by atoms with E-state index in [2.05, 4.69) is 206 Å². The zero-order valence-corrected chi connectivity index (χ0v) is 37.1. The third-order valence-electron chi connectivity index (χ3n) is 13.9. The second-order valence-electron chi connectivity index (χ2n) is 17.8. The first-order valence-electron chi connectivity index (χ1n) is 23.0. The maximum atomic E-state index is 7.01. The summed E-state index contributed by atoms with van der Waals surface area (Å²) in [5.41, 5.74) is 13.3. The fourth-order valence-corrected chi connectivity index (χ4v) is 11.9. The van der Waals surface area contributed by atoms with Crippen LogP contribution in [0.25, 0.3) is 120 Å². The lowest BCUT2D eigenvalue weighted by Gasteiger charge is -2.21. The smallest absolute Gasteiger partial charge is 0.165 e. The first kappa shape index (κ1) is 38.1. The van der Waals surface area contributed by atoms with Gasteiger partial charge in [0.05, 0.1) is 0 Å². The van der Waals surface area contributed by atoms with Crippen LogP contribution in [0.5, 0.6) is 0 Å². The molecule has 0 amide bonds. The molecule has 0 bridgehead atoms. The normalized spacial score (nSPS) is 13.7. The Morgan fingerprint density at radius 1 is 0.403 bits per heavy atom. The standard InChI is InChI=1S/C62H39N3OS/c1-2-13-37(14-3-1)38-25-27-40(28-26-38)60-63-61(65-62(64-60)50-23-12-22-49-48-21-10-11-24-57(48)67-59(49)50)45-34-53(58-54-33-43-18-6-7-19-44(43)35-55(54)66-56(58)36-45)47-30-29-39-15-8-9-20-46(39)51-31-41-16-4-5-17-42(41)32-52(47)51/h1-28,31-36,47H,29-30H2. The molecule has 0 saturated heterocycles. The first-order chi connectivity index (χ1) is 33.2. The molecule has 1 aliphatic carbocycles. The van der Waals surface area contributed by atoms with Gasteiger partial charge in [-0.15, -0.1) is 11.3 Å². The van der Waals surface area contributed by atoms with Crippen LogP contribution < -0.4 is 0 Å². The van der Waals surface area contributed by atoms with Crippen molar-refractivity contribution in [1.82, 2.24) is 15.0 Å². The largest absolute Gasteiger partial charge is 0.456 e. The third-order valence-corrected chi connectivity index (χ3v) is 15.2. The van der Waals surface area contributed by atoms with Gasteiger partial charge >= 0.3 is 0 Å². The van der Waals surface area contributed by atoms with Crippen LogP contribution in [0, 0.1) is 0 Å². The van der Waals surface area contributed by atoms with E-state index in [-0.39, 0.29) is 5.92 Å². The van der Waals surface area contributed by atoms with Crippen LogP contribution in [-0.2, 0) is 6.42 Å². The van der Waals surface area contributed by atoms with Crippen molar-refractivity contribution in [3.05, 3.63) is 223 Å². The Labute approximate surface area is 390 Å². The Kier molecular flexibility index (Phi) is 8.61. The van der Waals surface area contributed by atoms with Crippen LogP contribution in [0.15, 0.2) is 211 Å². The number of aryl methyl sites for hydroxylation is 1. The second kappa shape index (κ2) is 15.2. The van der Waals surface area contributed by atoms with Crippen molar-refractivity contribution in [2.75, 3.05) is 0 Å². The summed E-state index contributed by atoms with van der Waals surface area (Å²) in [6.45, 7) is 0. The van der Waals surface area contributed by atoms with Crippen molar-refractivity contribution in [2.24, 2.45) is 0 Å². The van der Waals surface area contributed by atoms with E-state index in [0.29, 0.717) is 17.5 Å². The number of thiophene rings is 1. The quantitative estimate of drug-likeness (QED) is 0.173. The molecule has 14 rings (SSSR count). The first-order valence-corrected chi connectivity index (χ1v) is 23.8. The molecule has 0 N–H and O–H groups in total. The molecular formula is C62H39N3OS. The number of aromatic nitrogens is 3. The molecular weight excluding hydrogens is 835 g/mol. The van der Waals surface area contributed by atoms with E-state index in [1.54, 1.807) is 11.3 Å². The molecule has 1 atom stereocenters. The van der Waals surface area contributed by atoms with Gasteiger partial charge in [-0.25, -0.2) is 15.0 Å². The summed E-state index contributed by atoms with van der Waals surface area (Å²) in [4.78, 5) is 16.2. The van der Waals surface area contributed by atoms with E-state index in [1.165, 1.54) is 65.0 Å². The van der Waals surface area contributed by atoms with Crippen molar-refractivity contribution < 1.29 is 4.42 Å². The fourth-order valence-electron chi connectivity index (χ4n) is 10.7. The van der Waals surface area contributed by atoms with E-state index in [4.69, 9.17) is 19.4 Å². The summed E-state index contributed by atoms with van der Waals surface area (Å²) in [5, 5.41) is 9.51. The molecule has 3 heterocycles. The van der Waals surface area contributed by atoms with Crippen molar-refractivity contribution in [1.29, 1.82) is 0 Å². The van der Waals surface area contributed by atoms with E-state index in [0.717, 1.165) is 67.1 Å². The molecule has 1 aliphatic rings. The average molecular weight is 874 g/mol. The molecule has 4 nitrogen and oxygen atoms in total. The molecule has 314 valence electrons. The average Bonchev–Trinajstić information content (AvgIpc) is 3.91. The Morgan fingerprint density at radius 3 is 1.87 bits per heavy atom. The SMILES string of the molecule is c1ccc(-c2ccc(-c3nc(-c4cc(C5CCc6ccccc6-c6cc7ccccc7cc65)c5c(c4)oc4cc6ccccc6cc45)nc(-c4cccc5c4sc4ccccc45)n3)cc2)cc1. The predicted octanol–water partition coefficient (Wildman–Crippen LogP) is 16.9. The minimum atomic E-state index is 0.0420. The molecule has 3 aromatic heterocycles. The summed E-state index contributed by atoms with van der Waals surface area (Å²) in [6, 6.07) is 74.4. The Morgan fingerprint density at radius 2 is 1.03 bits per heavy atom. The highest BCUT2D eigenvalue weighted by Gasteiger charge is 2.29. The maximum absolute atomic E-state index is 7.01. The van der Waals surface area contributed by atoms with Gasteiger partial charge in [0.25, 0.3) is 0 Å². The van der Waals surface area contributed by atoms with Crippen molar-refractivity contribution in [3.8, 4) is 56.4 Å².